The summed E-state index contributed by atoms with van der Waals surface area (Å²) >= 11 is 6.01. The SMILES string of the molecule is COc1cncc2nc(-c3ccnc(Cl)c3)nc(N3CC[C@H](O)[C@H](O)C3)c12. The zero-order valence-corrected chi connectivity index (χ0v) is 15.3. The van der Waals surface area contributed by atoms with Gasteiger partial charge in [-0.05, 0) is 18.6 Å². The van der Waals surface area contributed by atoms with Crippen LogP contribution in [0, 0.1) is 0 Å². The molecule has 4 rings (SSSR count). The molecule has 9 heteroatoms. The van der Waals surface area contributed by atoms with Crippen molar-refractivity contribution < 1.29 is 14.9 Å². The molecule has 0 radical (unpaired) electrons. The van der Waals surface area contributed by atoms with E-state index in [2.05, 4.69) is 15.0 Å². The fourth-order valence-corrected chi connectivity index (χ4v) is 3.38. The molecular weight excluding hydrogens is 370 g/mol. The van der Waals surface area contributed by atoms with Crippen molar-refractivity contribution in [3.63, 3.8) is 0 Å². The number of fused-ring (bicyclic) bond motifs is 1. The first-order chi connectivity index (χ1) is 13.1. The van der Waals surface area contributed by atoms with Gasteiger partial charge < -0.3 is 19.8 Å². The van der Waals surface area contributed by atoms with E-state index in [-0.39, 0.29) is 6.54 Å². The molecule has 0 unspecified atom stereocenters. The lowest BCUT2D eigenvalue weighted by Gasteiger charge is -2.35. The average molecular weight is 388 g/mol. The molecule has 0 spiro atoms. The van der Waals surface area contributed by atoms with E-state index >= 15 is 0 Å². The monoisotopic (exact) mass is 387 g/mol. The first-order valence-electron chi connectivity index (χ1n) is 8.49. The summed E-state index contributed by atoms with van der Waals surface area (Å²) in [7, 11) is 1.56. The van der Waals surface area contributed by atoms with Gasteiger partial charge in [-0.2, -0.15) is 0 Å². The van der Waals surface area contributed by atoms with Gasteiger partial charge in [0.1, 0.15) is 16.7 Å². The third-order valence-electron chi connectivity index (χ3n) is 4.60. The predicted octanol–water partition coefficient (Wildman–Crippen LogP) is 1.68. The van der Waals surface area contributed by atoms with E-state index in [1.165, 1.54) is 0 Å². The quantitative estimate of drug-likeness (QED) is 0.654. The zero-order chi connectivity index (χ0) is 19.0. The van der Waals surface area contributed by atoms with Gasteiger partial charge in [-0.15, -0.1) is 0 Å². The topological polar surface area (TPSA) is 104 Å². The summed E-state index contributed by atoms with van der Waals surface area (Å²) in [6, 6.07) is 3.47. The summed E-state index contributed by atoms with van der Waals surface area (Å²) in [5, 5.41) is 21.0. The van der Waals surface area contributed by atoms with Crippen molar-refractivity contribution in [2.75, 3.05) is 25.1 Å². The highest BCUT2D eigenvalue weighted by atomic mass is 35.5. The molecule has 0 bridgehead atoms. The average Bonchev–Trinajstić information content (AvgIpc) is 2.68. The number of rotatable bonds is 3. The molecule has 140 valence electrons. The number of halogens is 1. The molecule has 1 aliphatic rings. The van der Waals surface area contributed by atoms with Crippen molar-refractivity contribution >= 4 is 28.3 Å². The van der Waals surface area contributed by atoms with Gasteiger partial charge in [0.25, 0.3) is 0 Å². The smallest absolute Gasteiger partial charge is 0.162 e. The summed E-state index contributed by atoms with van der Waals surface area (Å²) in [5.74, 6) is 1.63. The number of pyridine rings is 2. The van der Waals surface area contributed by atoms with Crippen molar-refractivity contribution in [1.82, 2.24) is 19.9 Å². The highest BCUT2D eigenvalue weighted by Gasteiger charge is 2.29. The van der Waals surface area contributed by atoms with E-state index in [1.54, 1.807) is 37.8 Å². The second kappa shape index (κ2) is 7.22. The van der Waals surface area contributed by atoms with Crippen LogP contribution in [0.25, 0.3) is 22.3 Å². The molecule has 1 saturated heterocycles. The Kier molecular flexibility index (Phi) is 4.77. The van der Waals surface area contributed by atoms with Crippen LogP contribution >= 0.6 is 11.6 Å². The summed E-state index contributed by atoms with van der Waals surface area (Å²) in [6.07, 6.45) is 3.69. The number of methoxy groups -OCH3 is 1. The second-order valence-corrected chi connectivity index (χ2v) is 6.73. The standard InChI is InChI=1S/C18H18ClN5O3/c1-27-14-8-20-7-11-16(14)18(24-5-3-12(25)13(26)9-24)23-17(22-11)10-2-4-21-15(19)6-10/h2,4,6-8,12-13,25-26H,3,5,9H2,1H3/t12-,13+/m0/s1. The van der Waals surface area contributed by atoms with Gasteiger partial charge in [-0.3, -0.25) is 4.98 Å². The van der Waals surface area contributed by atoms with Gasteiger partial charge in [0, 0.05) is 24.8 Å². The number of hydrogen-bond acceptors (Lipinski definition) is 8. The molecule has 1 fully saturated rings. The Hall–Kier alpha value is -2.55. The molecule has 0 saturated carbocycles. The third kappa shape index (κ3) is 3.39. The lowest BCUT2D eigenvalue weighted by atomic mass is 10.0. The van der Waals surface area contributed by atoms with E-state index in [4.69, 9.17) is 21.3 Å². The van der Waals surface area contributed by atoms with Crippen molar-refractivity contribution in [1.29, 1.82) is 0 Å². The number of aromatic nitrogens is 4. The summed E-state index contributed by atoms with van der Waals surface area (Å²) in [4.78, 5) is 19.4. The first kappa shape index (κ1) is 17.8. The number of nitrogens with zero attached hydrogens (tertiary/aromatic N) is 5. The van der Waals surface area contributed by atoms with E-state index < -0.39 is 12.2 Å². The van der Waals surface area contributed by atoms with Crippen LogP contribution in [0.5, 0.6) is 5.75 Å². The van der Waals surface area contributed by atoms with Crippen LogP contribution in [-0.2, 0) is 0 Å². The van der Waals surface area contributed by atoms with Gasteiger partial charge in [0.15, 0.2) is 5.82 Å². The van der Waals surface area contributed by atoms with Crippen LogP contribution in [-0.4, -0.2) is 62.6 Å². The van der Waals surface area contributed by atoms with Gasteiger partial charge in [-0.1, -0.05) is 11.6 Å². The van der Waals surface area contributed by atoms with Crippen LogP contribution in [0.4, 0.5) is 5.82 Å². The van der Waals surface area contributed by atoms with Crippen molar-refractivity contribution in [3.8, 4) is 17.1 Å². The maximum atomic E-state index is 10.1. The number of piperidine rings is 1. The minimum Gasteiger partial charge on any atom is -0.494 e. The van der Waals surface area contributed by atoms with Crippen LogP contribution in [0.2, 0.25) is 5.15 Å². The third-order valence-corrected chi connectivity index (χ3v) is 4.81. The molecule has 0 aliphatic carbocycles. The summed E-state index contributed by atoms with van der Waals surface area (Å²) in [6.45, 7) is 0.807. The van der Waals surface area contributed by atoms with Crippen molar-refractivity contribution in [3.05, 3.63) is 35.9 Å². The molecule has 0 amide bonds. The van der Waals surface area contributed by atoms with Gasteiger partial charge in [0.05, 0.1) is 42.6 Å². The van der Waals surface area contributed by atoms with E-state index in [0.717, 1.165) is 5.56 Å². The minimum absolute atomic E-state index is 0.259. The Labute approximate surface area is 160 Å². The Balaban J connectivity index is 1.91. The van der Waals surface area contributed by atoms with Crippen LogP contribution in [0.1, 0.15) is 6.42 Å². The molecule has 2 atom stereocenters. The molecular formula is C18H18ClN5O3. The Morgan fingerprint density at radius 3 is 2.81 bits per heavy atom. The van der Waals surface area contributed by atoms with Crippen molar-refractivity contribution in [2.45, 2.75) is 18.6 Å². The number of aliphatic hydroxyl groups is 2. The molecule has 27 heavy (non-hydrogen) atoms. The number of aliphatic hydroxyl groups excluding tert-OH is 2. The van der Waals surface area contributed by atoms with E-state index in [1.807, 2.05) is 4.90 Å². The second-order valence-electron chi connectivity index (χ2n) is 6.34. The predicted molar refractivity (Wildman–Crippen MR) is 101 cm³/mol. The lowest BCUT2D eigenvalue weighted by Crippen LogP contribution is -2.47. The molecule has 1 aliphatic heterocycles. The number of anilines is 1. The largest absolute Gasteiger partial charge is 0.494 e. The molecule has 3 aromatic rings. The molecule has 3 aromatic heterocycles. The maximum absolute atomic E-state index is 10.1. The van der Waals surface area contributed by atoms with Gasteiger partial charge in [-0.25, -0.2) is 15.0 Å². The Bertz CT molecular complexity index is 986. The van der Waals surface area contributed by atoms with Gasteiger partial charge in [0.2, 0.25) is 0 Å². The highest BCUT2D eigenvalue weighted by Crippen LogP contribution is 2.35. The molecule has 8 nitrogen and oxygen atoms in total. The summed E-state index contributed by atoms with van der Waals surface area (Å²) in [5.41, 5.74) is 1.33. The zero-order valence-electron chi connectivity index (χ0n) is 14.6. The van der Waals surface area contributed by atoms with Crippen LogP contribution in [0.3, 0.4) is 0 Å². The van der Waals surface area contributed by atoms with Crippen LogP contribution in [0.15, 0.2) is 30.7 Å². The van der Waals surface area contributed by atoms with Crippen LogP contribution < -0.4 is 9.64 Å². The van der Waals surface area contributed by atoms with E-state index in [0.29, 0.717) is 46.4 Å². The fourth-order valence-electron chi connectivity index (χ4n) is 3.20. The maximum Gasteiger partial charge on any atom is 0.162 e. The lowest BCUT2D eigenvalue weighted by molar-refractivity contribution is 0.00792. The van der Waals surface area contributed by atoms with E-state index in [9.17, 15) is 10.2 Å². The number of β-amino-alcohol motifs (C(OH)–C–C–N with tert-alkyl or cyclic N) is 1. The molecule has 2 N–H and O–H groups in total. The molecule has 4 heterocycles. The summed E-state index contributed by atoms with van der Waals surface area (Å²) < 4.78 is 5.46. The van der Waals surface area contributed by atoms with Gasteiger partial charge >= 0.3 is 0 Å². The number of hydrogen-bond donors (Lipinski definition) is 2. The normalized spacial score (nSPS) is 20.1. The fraction of sp³-hybridized carbons (Fsp3) is 0.333. The minimum atomic E-state index is -0.851. The Morgan fingerprint density at radius 1 is 1.22 bits per heavy atom. The Morgan fingerprint density at radius 2 is 2.07 bits per heavy atom. The first-order valence-corrected chi connectivity index (χ1v) is 8.87. The van der Waals surface area contributed by atoms with Crippen molar-refractivity contribution in [2.24, 2.45) is 0 Å². The molecule has 0 aromatic carbocycles. The highest BCUT2D eigenvalue weighted by molar-refractivity contribution is 6.29. The number of ether oxygens (including phenoxy) is 1.